The van der Waals surface area contributed by atoms with E-state index in [0.29, 0.717) is 0 Å². The molecule has 1 aromatic carbocycles. The molecule has 1 rings (SSSR count). The second-order valence-electron chi connectivity index (χ2n) is 4.27. The lowest BCUT2D eigenvalue weighted by Crippen LogP contribution is -2.35. The first-order valence-corrected chi connectivity index (χ1v) is 6.33. The van der Waals surface area contributed by atoms with Gasteiger partial charge in [0.1, 0.15) is 11.6 Å². The molecule has 0 radical (unpaired) electrons. The molecule has 1 amide bonds. The van der Waals surface area contributed by atoms with Gasteiger partial charge in [-0.15, -0.1) is 0 Å². The number of benzene rings is 1. The van der Waals surface area contributed by atoms with Crippen LogP contribution in [0.4, 0.5) is 4.39 Å². The molecule has 21 heavy (non-hydrogen) atoms. The van der Waals surface area contributed by atoms with Gasteiger partial charge in [-0.05, 0) is 12.1 Å². The molecule has 0 heterocycles. The number of ether oxygens (including phenoxy) is 2. The number of rotatable bonds is 7. The summed E-state index contributed by atoms with van der Waals surface area (Å²) in [5.74, 6) is -2.04. The van der Waals surface area contributed by atoms with Crippen molar-refractivity contribution in [1.82, 2.24) is 4.90 Å². The summed E-state index contributed by atoms with van der Waals surface area (Å²) >= 11 is 0. The molecule has 0 saturated heterocycles. The molecular weight excluding hydrogens is 281 g/mol. The second-order valence-corrected chi connectivity index (χ2v) is 4.27. The van der Waals surface area contributed by atoms with Gasteiger partial charge in [0.2, 0.25) is 0 Å². The Morgan fingerprint density at radius 1 is 1.29 bits per heavy atom. The van der Waals surface area contributed by atoms with Crippen molar-refractivity contribution < 1.29 is 28.6 Å². The summed E-state index contributed by atoms with van der Waals surface area (Å²) in [5, 5.41) is 9.65. The zero-order valence-corrected chi connectivity index (χ0v) is 12.0. The number of hydrogen-bond acceptors (Lipinski definition) is 5. The Labute approximate surface area is 122 Å². The Balaban J connectivity index is 2.85. The van der Waals surface area contributed by atoms with Crippen LogP contribution in [0.25, 0.3) is 0 Å². The number of methoxy groups -OCH3 is 2. The quantitative estimate of drug-likeness (QED) is 0.765. The Hall–Kier alpha value is -2.15. The number of phenolic OH excluding ortho intramolecular Hbond substituents is 1. The van der Waals surface area contributed by atoms with Crippen LogP contribution in [0.15, 0.2) is 18.2 Å². The molecule has 0 fully saturated rings. The number of esters is 1. The Kier molecular flexibility index (Phi) is 6.61. The molecule has 0 saturated carbocycles. The topological polar surface area (TPSA) is 76.1 Å². The number of nitrogens with zero attached hydrogens (tertiary/aromatic N) is 1. The maximum Gasteiger partial charge on any atom is 0.307 e. The summed E-state index contributed by atoms with van der Waals surface area (Å²) in [6, 6.07) is 3.15. The second kappa shape index (κ2) is 8.21. The minimum absolute atomic E-state index is 0.0217. The van der Waals surface area contributed by atoms with E-state index < -0.39 is 23.4 Å². The zero-order valence-electron chi connectivity index (χ0n) is 12.0. The molecule has 0 bridgehead atoms. The number of hydrogen-bond donors (Lipinski definition) is 1. The fourth-order valence-electron chi connectivity index (χ4n) is 1.70. The van der Waals surface area contributed by atoms with Crippen molar-refractivity contribution in [2.24, 2.45) is 0 Å². The van der Waals surface area contributed by atoms with E-state index >= 15 is 0 Å². The standard InChI is InChI=1S/C14H18FNO5/c1-20-8-7-16(6-5-13(18)21-2)14(19)11-4-3-10(15)9-12(11)17/h3-4,9,17H,5-8H2,1-2H3. The van der Waals surface area contributed by atoms with Gasteiger partial charge in [0, 0.05) is 26.3 Å². The third-order valence-electron chi connectivity index (χ3n) is 2.86. The molecule has 116 valence electrons. The van der Waals surface area contributed by atoms with E-state index in [1.165, 1.54) is 25.2 Å². The van der Waals surface area contributed by atoms with Crippen molar-refractivity contribution in [2.45, 2.75) is 6.42 Å². The summed E-state index contributed by atoms with van der Waals surface area (Å²) < 4.78 is 22.4. The summed E-state index contributed by atoms with van der Waals surface area (Å²) in [7, 11) is 2.74. The van der Waals surface area contributed by atoms with Crippen LogP contribution in [0.1, 0.15) is 16.8 Å². The van der Waals surface area contributed by atoms with E-state index in [4.69, 9.17) is 4.74 Å². The van der Waals surface area contributed by atoms with Crippen LogP contribution in [0.2, 0.25) is 0 Å². The van der Waals surface area contributed by atoms with Gasteiger partial charge in [0.15, 0.2) is 0 Å². The summed E-state index contributed by atoms with van der Waals surface area (Å²) in [4.78, 5) is 24.8. The number of carbonyl (C=O) groups is 2. The predicted octanol–water partition coefficient (Wildman–Crippen LogP) is 1.18. The van der Waals surface area contributed by atoms with Crippen molar-refractivity contribution in [2.75, 3.05) is 33.9 Å². The molecular formula is C14H18FNO5. The lowest BCUT2D eigenvalue weighted by molar-refractivity contribution is -0.140. The Bertz CT molecular complexity index is 506. The van der Waals surface area contributed by atoms with Crippen LogP contribution in [0.3, 0.4) is 0 Å². The molecule has 0 aliphatic carbocycles. The first-order valence-electron chi connectivity index (χ1n) is 6.33. The van der Waals surface area contributed by atoms with Gasteiger partial charge in [-0.1, -0.05) is 0 Å². The SMILES string of the molecule is COCCN(CCC(=O)OC)C(=O)c1ccc(F)cc1O. The smallest absolute Gasteiger partial charge is 0.307 e. The van der Waals surface area contributed by atoms with Gasteiger partial charge in [-0.3, -0.25) is 9.59 Å². The van der Waals surface area contributed by atoms with Crippen LogP contribution in [0, 0.1) is 5.82 Å². The van der Waals surface area contributed by atoms with Gasteiger partial charge in [-0.2, -0.15) is 0 Å². The number of halogens is 1. The third-order valence-corrected chi connectivity index (χ3v) is 2.86. The monoisotopic (exact) mass is 299 g/mol. The van der Waals surface area contributed by atoms with E-state index in [2.05, 4.69) is 4.74 Å². The number of amides is 1. The van der Waals surface area contributed by atoms with Crippen LogP contribution >= 0.6 is 0 Å². The summed E-state index contributed by atoms with van der Waals surface area (Å²) in [5.41, 5.74) is -0.0302. The van der Waals surface area contributed by atoms with E-state index in [1.54, 1.807) is 0 Å². The van der Waals surface area contributed by atoms with Gasteiger partial charge in [0.05, 0.1) is 25.7 Å². The van der Waals surface area contributed by atoms with E-state index in [0.717, 1.165) is 12.1 Å². The molecule has 0 atom stereocenters. The lowest BCUT2D eigenvalue weighted by Gasteiger charge is -2.22. The average molecular weight is 299 g/mol. The van der Waals surface area contributed by atoms with E-state index in [1.807, 2.05) is 0 Å². The Morgan fingerprint density at radius 2 is 2.00 bits per heavy atom. The summed E-state index contributed by atoms with van der Waals surface area (Å²) in [6.07, 6.45) is 0.0217. The van der Waals surface area contributed by atoms with Crippen LogP contribution in [-0.4, -0.2) is 55.8 Å². The highest BCUT2D eigenvalue weighted by molar-refractivity contribution is 5.97. The van der Waals surface area contributed by atoms with Crippen LogP contribution in [-0.2, 0) is 14.3 Å². The van der Waals surface area contributed by atoms with Crippen molar-refractivity contribution in [3.8, 4) is 5.75 Å². The first-order chi connectivity index (χ1) is 9.99. The number of aromatic hydroxyl groups is 1. The van der Waals surface area contributed by atoms with Crippen LogP contribution in [0.5, 0.6) is 5.75 Å². The molecule has 0 aliphatic heterocycles. The van der Waals surface area contributed by atoms with Gasteiger partial charge in [-0.25, -0.2) is 4.39 Å². The molecule has 0 aliphatic rings. The van der Waals surface area contributed by atoms with Gasteiger partial charge >= 0.3 is 5.97 Å². The van der Waals surface area contributed by atoms with Crippen molar-refractivity contribution in [3.63, 3.8) is 0 Å². The van der Waals surface area contributed by atoms with E-state index in [-0.39, 0.29) is 31.7 Å². The van der Waals surface area contributed by atoms with Crippen molar-refractivity contribution in [3.05, 3.63) is 29.6 Å². The molecule has 7 heteroatoms. The average Bonchev–Trinajstić information content (AvgIpc) is 2.46. The molecule has 0 aromatic heterocycles. The highest BCUT2D eigenvalue weighted by atomic mass is 19.1. The minimum Gasteiger partial charge on any atom is -0.507 e. The molecule has 0 spiro atoms. The molecule has 1 aromatic rings. The maximum atomic E-state index is 12.9. The minimum atomic E-state index is -0.637. The van der Waals surface area contributed by atoms with Gasteiger partial charge < -0.3 is 19.5 Å². The van der Waals surface area contributed by atoms with Crippen LogP contribution < -0.4 is 0 Å². The summed E-state index contributed by atoms with van der Waals surface area (Å²) in [6.45, 7) is 0.629. The number of phenols is 1. The third kappa shape index (κ3) is 5.03. The maximum absolute atomic E-state index is 12.9. The largest absolute Gasteiger partial charge is 0.507 e. The molecule has 1 N–H and O–H groups in total. The highest BCUT2D eigenvalue weighted by Gasteiger charge is 2.20. The molecule has 0 unspecified atom stereocenters. The van der Waals surface area contributed by atoms with Crippen molar-refractivity contribution >= 4 is 11.9 Å². The predicted molar refractivity (Wildman–Crippen MR) is 72.5 cm³/mol. The fraction of sp³-hybridized carbons (Fsp3) is 0.429. The van der Waals surface area contributed by atoms with Gasteiger partial charge in [0.25, 0.3) is 5.91 Å². The highest BCUT2D eigenvalue weighted by Crippen LogP contribution is 2.20. The zero-order chi connectivity index (χ0) is 15.8. The first kappa shape index (κ1) is 16.9. The van der Waals surface area contributed by atoms with Crippen molar-refractivity contribution in [1.29, 1.82) is 0 Å². The van der Waals surface area contributed by atoms with E-state index in [9.17, 15) is 19.1 Å². The fourth-order valence-corrected chi connectivity index (χ4v) is 1.70. The Morgan fingerprint density at radius 3 is 2.57 bits per heavy atom. The number of carbonyl (C=O) groups excluding carboxylic acids is 2. The lowest BCUT2D eigenvalue weighted by atomic mass is 10.1. The molecule has 6 nitrogen and oxygen atoms in total. The normalized spacial score (nSPS) is 10.2.